The number of aromatic nitrogens is 1. The Labute approximate surface area is 224 Å². The Hall–Kier alpha value is -1.38. The fourth-order valence-corrected chi connectivity index (χ4v) is 9.78. The first-order valence-electron chi connectivity index (χ1n) is 14.5. The summed E-state index contributed by atoms with van der Waals surface area (Å²) in [6.45, 7) is 6.49. The molecule has 1 aromatic rings. The average Bonchev–Trinajstić information content (AvgIpc) is 3.23. The predicted octanol–water partition coefficient (Wildman–Crippen LogP) is 5.91. The molecule has 8 heteroatoms. The van der Waals surface area contributed by atoms with E-state index in [-0.39, 0.29) is 46.8 Å². The maximum atomic E-state index is 16.0. The summed E-state index contributed by atoms with van der Waals surface area (Å²) in [7, 11) is 1.40. The van der Waals surface area contributed by atoms with Crippen LogP contribution in [0.15, 0.2) is 12.1 Å². The van der Waals surface area contributed by atoms with E-state index in [0.717, 1.165) is 32.1 Å². The molecule has 0 amide bonds. The summed E-state index contributed by atoms with van der Waals surface area (Å²) in [5.41, 5.74) is -0.107. The molecule has 0 bridgehead atoms. The fraction of sp³-hybridized carbons (Fsp3) is 0.833. The van der Waals surface area contributed by atoms with Gasteiger partial charge in [-0.2, -0.15) is 9.37 Å². The molecule has 5 rings (SSSR count). The number of fused-ring (bicyclic) bond motifs is 5. The van der Waals surface area contributed by atoms with Gasteiger partial charge >= 0.3 is 0 Å². The van der Waals surface area contributed by atoms with Crippen molar-refractivity contribution in [2.24, 2.45) is 46.3 Å². The quantitative estimate of drug-likeness (QED) is 0.391. The first-order valence-corrected chi connectivity index (χ1v) is 14.5. The summed E-state index contributed by atoms with van der Waals surface area (Å²) in [4.78, 5) is 3.73. The van der Waals surface area contributed by atoms with Crippen LogP contribution in [0.5, 0.6) is 5.88 Å². The molecule has 214 valence electrons. The maximum absolute atomic E-state index is 16.0. The topological polar surface area (TPSA) is 82.8 Å². The molecule has 4 saturated carbocycles. The van der Waals surface area contributed by atoms with Gasteiger partial charge in [-0.05, 0) is 104 Å². The second-order valence-corrected chi connectivity index (χ2v) is 13.4. The van der Waals surface area contributed by atoms with Crippen LogP contribution in [0.3, 0.4) is 0 Å². The maximum Gasteiger partial charge on any atom is 0.251 e. The molecule has 0 saturated heterocycles. The Morgan fingerprint density at radius 2 is 1.68 bits per heavy atom. The lowest BCUT2D eigenvalue weighted by Crippen LogP contribution is -2.64. The SMILES string of the molecule is COc1nc(F)ccc1C(O)CC[C@@H](C)[C@H]1CC[C@H]2[C@H]3[C@H](CC[C@]12C)[C@@]1(C)CC[C@H](O)[C@H](O)[C@@H]1CC3(F)F. The molecule has 0 aromatic carbocycles. The summed E-state index contributed by atoms with van der Waals surface area (Å²) < 4.78 is 50.6. The van der Waals surface area contributed by atoms with Gasteiger partial charge in [0.15, 0.2) is 0 Å². The molecular weight excluding hydrogens is 495 g/mol. The Balaban J connectivity index is 1.32. The van der Waals surface area contributed by atoms with E-state index in [9.17, 15) is 19.7 Å². The van der Waals surface area contributed by atoms with E-state index in [0.29, 0.717) is 24.8 Å². The minimum atomic E-state index is -2.86. The van der Waals surface area contributed by atoms with E-state index in [1.165, 1.54) is 19.2 Å². The molecule has 5 nitrogen and oxygen atoms in total. The van der Waals surface area contributed by atoms with Gasteiger partial charge in [-0.3, -0.25) is 0 Å². The number of aliphatic hydroxyl groups is 3. The highest BCUT2D eigenvalue weighted by molar-refractivity contribution is 5.28. The number of methoxy groups -OCH3 is 1. The Bertz CT molecular complexity index is 1030. The average molecular weight is 540 g/mol. The number of nitrogens with zero attached hydrogens (tertiary/aromatic N) is 1. The smallest absolute Gasteiger partial charge is 0.251 e. The molecule has 0 radical (unpaired) electrons. The van der Waals surface area contributed by atoms with Gasteiger partial charge in [0, 0.05) is 17.9 Å². The zero-order valence-corrected chi connectivity index (χ0v) is 23.0. The van der Waals surface area contributed by atoms with Crippen LogP contribution in [0.1, 0.15) is 90.2 Å². The van der Waals surface area contributed by atoms with E-state index in [4.69, 9.17) is 4.74 Å². The molecule has 0 aliphatic heterocycles. The fourth-order valence-electron chi connectivity index (χ4n) is 9.78. The van der Waals surface area contributed by atoms with Crippen LogP contribution in [0, 0.1) is 52.3 Å². The van der Waals surface area contributed by atoms with Crippen LogP contribution in [-0.4, -0.2) is 45.5 Å². The zero-order valence-electron chi connectivity index (χ0n) is 23.0. The van der Waals surface area contributed by atoms with E-state index in [1.807, 2.05) is 0 Å². The summed E-state index contributed by atoms with van der Waals surface area (Å²) in [6, 6.07) is 2.72. The van der Waals surface area contributed by atoms with Crippen molar-refractivity contribution in [1.29, 1.82) is 0 Å². The predicted molar refractivity (Wildman–Crippen MR) is 137 cm³/mol. The van der Waals surface area contributed by atoms with Gasteiger partial charge in [-0.25, -0.2) is 8.78 Å². The molecule has 4 fully saturated rings. The molecular formula is C30H44F3NO4. The number of rotatable bonds is 6. The first-order chi connectivity index (χ1) is 17.8. The van der Waals surface area contributed by atoms with Crippen molar-refractivity contribution >= 4 is 0 Å². The van der Waals surface area contributed by atoms with E-state index in [2.05, 4.69) is 25.8 Å². The van der Waals surface area contributed by atoms with Crippen LogP contribution in [0.4, 0.5) is 13.2 Å². The largest absolute Gasteiger partial charge is 0.481 e. The monoisotopic (exact) mass is 539 g/mol. The van der Waals surface area contributed by atoms with Crippen molar-refractivity contribution in [2.45, 2.75) is 103 Å². The van der Waals surface area contributed by atoms with Crippen molar-refractivity contribution < 1.29 is 33.2 Å². The molecule has 4 aliphatic carbocycles. The Kier molecular flexibility index (Phi) is 7.35. The lowest BCUT2D eigenvalue weighted by Gasteiger charge is -2.63. The third-order valence-corrected chi connectivity index (χ3v) is 11.8. The van der Waals surface area contributed by atoms with Crippen LogP contribution >= 0.6 is 0 Å². The number of alkyl halides is 2. The molecule has 0 spiro atoms. The highest BCUT2D eigenvalue weighted by Crippen LogP contribution is 2.71. The van der Waals surface area contributed by atoms with Gasteiger partial charge in [-0.15, -0.1) is 0 Å². The van der Waals surface area contributed by atoms with E-state index < -0.39 is 42.0 Å². The number of hydrogen-bond acceptors (Lipinski definition) is 5. The van der Waals surface area contributed by atoms with Crippen molar-refractivity contribution in [3.05, 3.63) is 23.6 Å². The standard InChI is InChI=1S/C30H44F3NO4/c1-16(5-9-22(35)17-6-10-24(31)34-27(17)38-4)18-7-8-19-25-20(11-13-28(18,19)2)29(3)14-12-23(36)26(37)21(29)15-30(25,32)33/h6,10,16,18-23,25-26,35-37H,5,7-9,11-15H2,1-4H3/t16-,18-,19+,20+,21+,22?,23+,25+,26-,28-,29-/m1/s1. The number of pyridine rings is 1. The van der Waals surface area contributed by atoms with Crippen LogP contribution in [0.2, 0.25) is 0 Å². The Morgan fingerprint density at radius 1 is 1.00 bits per heavy atom. The van der Waals surface area contributed by atoms with Gasteiger partial charge in [0.05, 0.1) is 25.4 Å². The highest BCUT2D eigenvalue weighted by atomic mass is 19.3. The number of ether oxygens (including phenoxy) is 1. The Morgan fingerprint density at radius 3 is 2.39 bits per heavy atom. The molecule has 1 unspecified atom stereocenters. The van der Waals surface area contributed by atoms with Gasteiger partial charge in [0.25, 0.3) is 5.92 Å². The third-order valence-electron chi connectivity index (χ3n) is 11.8. The van der Waals surface area contributed by atoms with E-state index in [1.54, 1.807) is 0 Å². The molecule has 38 heavy (non-hydrogen) atoms. The lowest BCUT2D eigenvalue weighted by atomic mass is 9.43. The minimum absolute atomic E-state index is 0.0724. The van der Waals surface area contributed by atoms with Gasteiger partial charge in [0.2, 0.25) is 11.8 Å². The van der Waals surface area contributed by atoms with Crippen LogP contribution in [-0.2, 0) is 0 Å². The second-order valence-electron chi connectivity index (χ2n) is 13.4. The van der Waals surface area contributed by atoms with Crippen molar-refractivity contribution in [3.63, 3.8) is 0 Å². The second kappa shape index (κ2) is 9.91. The number of halogens is 3. The normalized spacial score (nSPS) is 43.5. The number of hydrogen-bond donors (Lipinski definition) is 3. The zero-order chi connectivity index (χ0) is 27.6. The molecule has 4 aliphatic rings. The highest BCUT2D eigenvalue weighted by Gasteiger charge is 2.69. The summed E-state index contributed by atoms with van der Waals surface area (Å²) in [6.07, 6.45) is 2.50. The minimum Gasteiger partial charge on any atom is -0.481 e. The van der Waals surface area contributed by atoms with Gasteiger partial charge < -0.3 is 20.1 Å². The molecule has 1 heterocycles. The van der Waals surface area contributed by atoms with Crippen molar-refractivity contribution in [1.82, 2.24) is 4.98 Å². The summed E-state index contributed by atoms with van der Waals surface area (Å²) in [5.74, 6) is -4.39. The van der Waals surface area contributed by atoms with Crippen molar-refractivity contribution in [2.75, 3.05) is 7.11 Å². The lowest BCUT2D eigenvalue weighted by molar-refractivity contribution is -0.258. The number of aliphatic hydroxyl groups excluding tert-OH is 3. The van der Waals surface area contributed by atoms with E-state index >= 15 is 8.78 Å². The van der Waals surface area contributed by atoms with Gasteiger partial charge in [0.1, 0.15) is 0 Å². The van der Waals surface area contributed by atoms with Crippen LogP contribution < -0.4 is 4.74 Å². The molecule has 11 atom stereocenters. The van der Waals surface area contributed by atoms with Crippen LogP contribution in [0.25, 0.3) is 0 Å². The molecule has 1 aromatic heterocycles. The summed E-state index contributed by atoms with van der Waals surface area (Å²) >= 11 is 0. The summed E-state index contributed by atoms with van der Waals surface area (Å²) in [5, 5.41) is 31.8. The molecule has 3 N–H and O–H groups in total. The first kappa shape index (κ1) is 28.2. The third kappa shape index (κ3) is 4.37. The van der Waals surface area contributed by atoms with Gasteiger partial charge in [-0.1, -0.05) is 20.8 Å². The van der Waals surface area contributed by atoms with Crippen molar-refractivity contribution in [3.8, 4) is 5.88 Å².